The average molecular weight is 480 g/mol. The molecule has 4 atom stereocenters. The van der Waals surface area contributed by atoms with E-state index in [2.05, 4.69) is 50.4 Å². The van der Waals surface area contributed by atoms with Gasteiger partial charge >= 0.3 is 0 Å². The second-order valence-corrected chi connectivity index (χ2v) is 13.3. The molecule has 4 rings (SSSR count). The van der Waals surface area contributed by atoms with Crippen molar-refractivity contribution in [1.29, 1.82) is 0 Å². The summed E-state index contributed by atoms with van der Waals surface area (Å²) in [5.41, 5.74) is 1.22. The number of carbonyl (C=O) groups excluding carboxylic acids is 2. The van der Waals surface area contributed by atoms with E-state index < -0.39 is 0 Å². The summed E-state index contributed by atoms with van der Waals surface area (Å²) >= 11 is 0. The Morgan fingerprint density at radius 3 is 2.20 bits per heavy atom. The summed E-state index contributed by atoms with van der Waals surface area (Å²) in [6.45, 7) is 7.61. The number of rotatable bonds is 11. The lowest BCUT2D eigenvalue weighted by Crippen LogP contribution is -2.45. The minimum atomic E-state index is -0.309. The topological polar surface area (TPSA) is 46.2 Å². The number of hydrogen-bond donors (Lipinski definition) is 1. The number of ketones is 1. The maximum Gasteiger partial charge on any atom is 0.230 e. The molecule has 0 saturated heterocycles. The lowest BCUT2D eigenvalue weighted by atomic mass is 9.71. The minimum Gasteiger partial charge on any atom is -0.355 e. The summed E-state index contributed by atoms with van der Waals surface area (Å²) < 4.78 is 0. The molecular weight excluding hydrogens is 430 g/mol. The third-order valence-corrected chi connectivity index (χ3v) is 9.54. The van der Waals surface area contributed by atoms with Crippen molar-refractivity contribution in [3.05, 3.63) is 35.9 Å². The minimum absolute atomic E-state index is 0.264. The van der Waals surface area contributed by atoms with Gasteiger partial charge in [-0.25, -0.2) is 0 Å². The fourth-order valence-electron chi connectivity index (χ4n) is 7.68. The van der Waals surface area contributed by atoms with Crippen molar-refractivity contribution in [3.63, 3.8) is 0 Å². The fourth-order valence-corrected chi connectivity index (χ4v) is 7.68. The van der Waals surface area contributed by atoms with Crippen LogP contribution < -0.4 is 5.32 Å². The molecule has 3 nitrogen and oxygen atoms in total. The largest absolute Gasteiger partial charge is 0.355 e. The Kier molecular flexibility index (Phi) is 8.76. The predicted octanol–water partition coefficient (Wildman–Crippen LogP) is 7.62. The van der Waals surface area contributed by atoms with Gasteiger partial charge in [-0.15, -0.1) is 0 Å². The Morgan fingerprint density at radius 1 is 0.943 bits per heavy atom. The van der Waals surface area contributed by atoms with Gasteiger partial charge in [-0.1, -0.05) is 63.9 Å². The van der Waals surface area contributed by atoms with E-state index in [1.54, 1.807) is 0 Å². The molecule has 0 aliphatic heterocycles. The molecule has 1 aromatic rings. The second-order valence-electron chi connectivity index (χ2n) is 13.3. The molecule has 1 N–H and O–H groups in total. The summed E-state index contributed by atoms with van der Waals surface area (Å²) in [5.74, 6) is 3.79. The lowest BCUT2D eigenvalue weighted by molar-refractivity contribution is -0.127. The quantitative estimate of drug-likeness (QED) is 0.355. The van der Waals surface area contributed by atoms with Crippen molar-refractivity contribution < 1.29 is 9.59 Å². The Hall–Kier alpha value is -1.64. The summed E-state index contributed by atoms with van der Waals surface area (Å²) in [6, 6.07) is 10.5. The van der Waals surface area contributed by atoms with E-state index in [1.165, 1.54) is 37.7 Å². The van der Waals surface area contributed by atoms with E-state index in [4.69, 9.17) is 0 Å². The third-order valence-electron chi connectivity index (χ3n) is 9.54. The number of hydrogen-bond acceptors (Lipinski definition) is 2. The number of nitrogens with one attached hydrogen (secondary N) is 1. The van der Waals surface area contributed by atoms with E-state index >= 15 is 0 Å². The molecule has 194 valence electrons. The second kappa shape index (κ2) is 11.6. The summed E-state index contributed by atoms with van der Waals surface area (Å²) in [4.78, 5) is 25.8. The van der Waals surface area contributed by atoms with Crippen LogP contribution in [0.1, 0.15) is 116 Å². The van der Waals surface area contributed by atoms with Crippen LogP contribution in [-0.4, -0.2) is 18.2 Å². The first kappa shape index (κ1) is 26.4. The van der Waals surface area contributed by atoms with Gasteiger partial charge in [0, 0.05) is 19.4 Å². The van der Waals surface area contributed by atoms with E-state index in [0.717, 1.165) is 82.1 Å². The highest BCUT2D eigenvalue weighted by Gasteiger charge is 2.44. The van der Waals surface area contributed by atoms with Crippen molar-refractivity contribution in [2.24, 2.45) is 29.1 Å². The molecule has 3 saturated carbocycles. The van der Waals surface area contributed by atoms with Gasteiger partial charge in [-0.3, -0.25) is 9.59 Å². The van der Waals surface area contributed by atoms with Gasteiger partial charge in [0.05, 0.1) is 5.41 Å². The van der Waals surface area contributed by atoms with Gasteiger partial charge in [-0.2, -0.15) is 0 Å². The Morgan fingerprint density at radius 2 is 1.57 bits per heavy atom. The molecule has 1 aromatic carbocycles. The smallest absolute Gasteiger partial charge is 0.230 e. The molecule has 1 amide bonds. The predicted molar refractivity (Wildman–Crippen MR) is 144 cm³/mol. The fraction of sp³-hybridized carbons (Fsp3) is 0.750. The van der Waals surface area contributed by atoms with Crippen molar-refractivity contribution in [3.8, 4) is 0 Å². The average Bonchev–Trinajstić information content (AvgIpc) is 3.41. The highest BCUT2D eigenvalue weighted by atomic mass is 16.2. The van der Waals surface area contributed by atoms with Crippen LogP contribution in [-0.2, 0) is 15.0 Å². The molecule has 3 aliphatic rings. The number of amides is 1. The van der Waals surface area contributed by atoms with Gasteiger partial charge in [0.25, 0.3) is 0 Å². The molecule has 35 heavy (non-hydrogen) atoms. The van der Waals surface area contributed by atoms with Crippen molar-refractivity contribution in [2.45, 2.75) is 116 Å². The maximum atomic E-state index is 13.4. The molecule has 3 fully saturated rings. The number of fused-ring (bicyclic) bond motifs is 2. The van der Waals surface area contributed by atoms with Crippen molar-refractivity contribution in [1.82, 2.24) is 5.32 Å². The molecule has 2 bridgehead atoms. The van der Waals surface area contributed by atoms with Crippen LogP contribution in [0.4, 0.5) is 0 Å². The van der Waals surface area contributed by atoms with Crippen LogP contribution in [0, 0.1) is 29.1 Å². The number of carbonyl (C=O) groups is 2. The maximum absolute atomic E-state index is 13.4. The first-order chi connectivity index (χ1) is 16.8. The number of Topliss-reactive ketones (excluding diaryl/α,β-unsaturated/α-hetero) is 1. The first-order valence-electron chi connectivity index (χ1n) is 14.6. The highest BCUT2D eigenvalue weighted by Crippen LogP contribution is 2.51. The summed E-state index contributed by atoms with van der Waals surface area (Å²) in [7, 11) is 0. The number of benzene rings is 1. The van der Waals surface area contributed by atoms with Gasteiger partial charge in [-0.05, 0) is 98.9 Å². The van der Waals surface area contributed by atoms with Crippen LogP contribution in [0.15, 0.2) is 30.3 Å². The molecule has 3 heteroatoms. The van der Waals surface area contributed by atoms with Crippen LogP contribution in [0.25, 0.3) is 0 Å². The van der Waals surface area contributed by atoms with Crippen molar-refractivity contribution >= 4 is 11.7 Å². The van der Waals surface area contributed by atoms with E-state index in [9.17, 15) is 9.59 Å². The Balaban J connectivity index is 1.21. The normalized spacial score (nSPS) is 27.6. The van der Waals surface area contributed by atoms with Crippen LogP contribution >= 0.6 is 0 Å². The van der Waals surface area contributed by atoms with Gasteiger partial charge in [0.2, 0.25) is 5.91 Å². The summed E-state index contributed by atoms with van der Waals surface area (Å²) in [5, 5.41) is 3.42. The van der Waals surface area contributed by atoms with Gasteiger partial charge in [0.15, 0.2) is 0 Å². The molecule has 3 unspecified atom stereocenters. The lowest BCUT2D eigenvalue weighted by Gasteiger charge is -2.36. The van der Waals surface area contributed by atoms with Crippen LogP contribution in [0.5, 0.6) is 0 Å². The molecule has 0 aromatic heterocycles. The highest BCUT2D eigenvalue weighted by molar-refractivity contribution is 5.88. The van der Waals surface area contributed by atoms with Crippen LogP contribution in [0.3, 0.4) is 0 Å². The summed E-state index contributed by atoms with van der Waals surface area (Å²) in [6.07, 6.45) is 15.5. The van der Waals surface area contributed by atoms with Gasteiger partial charge in [0.1, 0.15) is 5.78 Å². The zero-order valence-corrected chi connectivity index (χ0v) is 22.6. The third kappa shape index (κ3) is 6.77. The van der Waals surface area contributed by atoms with E-state index in [1.807, 2.05) is 6.07 Å². The first-order valence-corrected chi connectivity index (χ1v) is 14.6. The monoisotopic (exact) mass is 479 g/mol. The standard InChI is InChI=1S/C32H49NO2/c1-31(2,3)18-10-14-28(34)13-9-15-29-25-16-17-26(29)22-24(21-25)23-33-30(35)32(19-7-8-20-32)27-11-5-4-6-12-27/h4-6,11-12,24-26,29H,7-10,13-23H2,1-3H3,(H,33,35)/t24?,25-,26?,29?/m1/s1. The zero-order valence-electron chi connectivity index (χ0n) is 22.6. The Labute approximate surface area is 214 Å². The Bertz CT molecular complexity index is 819. The van der Waals surface area contributed by atoms with E-state index in [-0.39, 0.29) is 11.3 Å². The molecule has 0 spiro atoms. The molecular formula is C32H49NO2. The molecule has 0 radical (unpaired) electrons. The molecule has 0 heterocycles. The van der Waals surface area contributed by atoms with Crippen LogP contribution in [0.2, 0.25) is 0 Å². The SMILES string of the molecule is CC(C)(C)CCCC(=O)CCCC1C2CC[C@@H]1CC(CNC(=O)C1(c3ccccc3)CCCC1)C2. The van der Waals surface area contributed by atoms with Crippen molar-refractivity contribution in [2.75, 3.05) is 6.54 Å². The van der Waals surface area contributed by atoms with Gasteiger partial charge < -0.3 is 5.32 Å². The van der Waals surface area contributed by atoms with E-state index in [0.29, 0.717) is 17.1 Å². The zero-order chi connectivity index (χ0) is 24.9. The molecule has 3 aliphatic carbocycles.